The highest BCUT2D eigenvalue weighted by molar-refractivity contribution is 5.77. The Labute approximate surface area is 133 Å². The van der Waals surface area contributed by atoms with Crippen molar-refractivity contribution in [1.29, 1.82) is 0 Å². The van der Waals surface area contributed by atoms with Crippen LogP contribution >= 0.6 is 0 Å². The van der Waals surface area contributed by atoms with Gasteiger partial charge < -0.3 is 10.1 Å². The van der Waals surface area contributed by atoms with E-state index in [1.165, 1.54) is 0 Å². The van der Waals surface area contributed by atoms with Crippen molar-refractivity contribution in [3.8, 4) is 0 Å². The highest BCUT2D eigenvalue weighted by Gasteiger charge is 2.10. The van der Waals surface area contributed by atoms with Crippen LogP contribution in [-0.2, 0) is 14.3 Å². The normalized spacial score (nSPS) is 11.7. The third-order valence-electron chi connectivity index (χ3n) is 3.47. The van der Waals surface area contributed by atoms with Crippen molar-refractivity contribution >= 4 is 11.9 Å². The lowest BCUT2D eigenvalue weighted by atomic mass is 10.1. The lowest BCUT2D eigenvalue weighted by molar-refractivity contribution is -0.143. The Morgan fingerprint density at radius 3 is 2.50 bits per heavy atom. The fourth-order valence-corrected chi connectivity index (χ4v) is 2.14. The molecule has 0 fully saturated rings. The zero-order chi connectivity index (χ0) is 16.2. The Morgan fingerprint density at radius 1 is 1.09 bits per heavy atom. The summed E-state index contributed by atoms with van der Waals surface area (Å²) in [7, 11) is 0. The number of benzene rings is 1. The van der Waals surface area contributed by atoms with Crippen LogP contribution in [0.3, 0.4) is 0 Å². The van der Waals surface area contributed by atoms with Crippen molar-refractivity contribution in [3.05, 3.63) is 35.9 Å². The van der Waals surface area contributed by atoms with E-state index in [-0.39, 0.29) is 17.9 Å². The van der Waals surface area contributed by atoms with Crippen molar-refractivity contribution in [3.63, 3.8) is 0 Å². The molecule has 0 spiro atoms. The summed E-state index contributed by atoms with van der Waals surface area (Å²) in [4.78, 5) is 23.3. The molecule has 122 valence electrons. The van der Waals surface area contributed by atoms with Crippen molar-refractivity contribution in [2.75, 3.05) is 6.61 Å². The molecule has 0 aliphatic heterocycles. The van der Waals surface area contributed by atoms with Gasteiger partial charge in [-0.1, -0.05) is 50.1 Å². The minimum atomic E-state index is -0.208. The summed E-state index contributed by atoms with van der Waals surface area (Å²) in [5.41, 5.74) is 1.08. The molecule has 4 heteroatoms. The van der Waals surface area contributed by atoms with Crippen LogP contribution in [0.15, 0.2) is 30.3 Å². The SMILES string of the molecule is CCCCCOC(=O)CCCC(=O)NC(C)c1ccccc1. The fourth-order valence-electron chi connectivity index (χ4n) is 2.14. The molecule has 1 atom stereocenters. The van der Waals surface area contributed by atoms with Gasteiger partial charge >= 0.3 is 5.97 Å². The molecule has 22 heavy (non-hydrogen) atoms. The van der Waals surface area contributed by atoms with Gasteiger partial charge in [-0.05, 0) is 25.3 Å². The van der Waals surface area contributed by atoms with Crippen LogP contribution in [0.2, 0.25) is 0 Å². The quantitative estimate of drug-likeness (QED) is 0.529. The number of rotatable bonds is 10. The summed E-state index contributed by atoms with van der Waals surface area (Å²) >= 11 is 0. The summed E-state index contributed by atoms with van der Waals surface area (Å²) in [6.45, 7) is 4.55. The molecule has 1 unspecified atom stereocenters. The Morgan fingerprint density at radius 2 is 1.82 bits per heavy atom. The molecule has 0 radical (unpaired) electrons. The highest BCUT2D eigenvalue weighted by atomic mass is 16.5. The van der Waals surface area contributed by atoms with Crippen molar-refractivity contribution in [1.82, 2.24) is 5.32 Å². The number of ether oxygens (including phenoxy) is 1. The van der Waals surface area contributed by atoms with E-state index in [1.807, 2.05) is 37.3 Å². The maximum absolute atomic E-state index is 11.8. The number of carbonyl (C=O) groups is 2. The maximum atomic E-state index is 11.8. The van der Waals surface area contributed by atoms with Gasteiger partial charge in [-0.25, -0.2) is 0 Å². The molecule has 1 amide bonds. The number of esters is 1. The second-order valence-corrected chi connectivity index (χ2v) is 5.48. The number of hydrogen-bond acceptors (Lipinski definition) is 3. The first-order valence-electron chi connectivity index (χ1n) is 8.13. The van der Waals surface area contributed by atoms with Gasteiger partial charge in [0, 0.05) is 12.8 Å². The van der Waals surface area contributed by atoms with Gasteiger partial charge in [0.05, 0.1) is 12.6 Å². The third kappa shape index (κ3) is 7.81. The first-order chi connectivity index (χ1) is 10.6. The predicted octanol–water partition coefficient (Wildman–Crippen LogP) is 3.77. The molecular formula is C18H27NO3. The van der Waals surface area contributed by atoms with E-state index in [9.17, 15) is 9.59 Å². The molecule has 1 N–H and O–H groups in total. The molecule has 1 aromatic carbocycles. The monoisotopic (exact) mass is 305 g/mol. The Kier molecular flexibility index (Phi) is 8.96. The fraction of sp³-hybridized carbons (Fsp3) is 0.556. The molecule has 0 saturated heterocycles. The van der Waals surface area contributed by atoms with Gasteiger partial charge in [0.1, 0.15) is 0 Å². The molecule has 0 aliphatic rings. The van der Waals surface area contributed by atoms with E-state index >= 15 is 0 Å². The zero-order valence-corrected chi connectivity index (χ0v) is 13.6. The van der Waals surface area contributed by atoms with E-state index in [0.717, 1.165) is 24.8 Å². The lowest BCUT2D eigenvalue weighted by Crippen LogP contribution is -2.26. The Balaban J connectivity index is 2.14. The average molecular weight is 305 g/mol. The van der Waals surface area contributed by atoms with E-state index < -0.39 is 0 Å². The van der Waals surface area contributed by atoms with Gasteiger partial charge in [-0.3, -0.25) is 9.59 Å². The summed E-state index contributed by atoms with van der Waals surface area (Å²) < 4.78 is 5.11. The van der Waals surface area contributed by atoms with Crippen LogP contribution in [0.4, 0.5) is 0 Å². The van der Waals surface area contributed by atoms with Crippen LogP contribution < -0.4 is 5.32 Å². The molecule has 0 aliphatic carbocycles. The van der Waals surface area contributed by atoms with Crippen LogP contribution in [0.25, 0.3) is 0 Å². The average Bonchev–Trinajstić information content (AvgIpc) is 2.52. The molecular weight excluding hydrogens is 278 g/mol. The summed E-state index contributed by atoms with van der Waals surface area (Å²) in [5.74, 6) is -0.241. The number of nitrogens with one attached hydrogen (secondary N) is 1. The second kappa shape index (κ2) is 10.8. The predicted molar refractivity (Wildman–Crippen MR) is 87.3 cm³/mol. The number of amides is 1. The van der Waals surface area contributed by atoms with E-state index in [4.69, 9.17) is 4.74 Å². The third-order valence-corrected chi connectivity index (χ3v) is 3.47. The second-order valence-electron chi connectivity index (χ2n) is 5.48. The molecule has 0 heterocycles. The Hall–Kier alpha value is -1.84. The van der Waals surface area contributed by atoms with Crippen LogP contribution in [0.5, 0.6) is 0 Å². The van der Waals surface area contributed by atoms with Crippen molar-refractivity contribution in [2.45, 2.75) is 58.4 Å². The molecule has 1 rings (SSSR count). The van der Waals surface area contributed by atoms with Gasteiger partial charge in [0.15, 0.2) is 0 Å². The van der Waals surface area contributed by atoms with E-state index in [0.29, 0.717) is 25.9 Å². The minimum Gasteiger partial charge on any atom is -0.466 e. The van der Waals surface area contributed by atoms with E-state index in [1.54, 1.807) is 0 Å². The van der Waals surface area contributed by atoms with Gasteiger partial charge in [-0.2, -0.15) is 0 Å². The van der Waals surface area contributed by atoms with Gasteiger partial charge in [0.2, 0.25) is 5.91 Å². The van der Waals surface area contributed by atoms with Crippen LogP contribution in [0, 0.1) is 0 Å². The van der Waals surface area contributed by atoms with Crippen molar-refractivity contribution in [2.24, 2.45) is 0 Å². The summed E-state index contributed by atoms with van der Waals surface area (Å²) in [6, 6.07) is 9.80. The molecule has 0 saturated carbocycles. The maximum Gasteiger partial charge on any atom is 0.305 e. The first-order valence-corrected chi connectivity index (χ1v) is 8.13. The van der Waals surface area contributed by atoms with Crippen LogP contribution in [-0.4, -0.2) is 18.5 Å². The van der Waals surface area contributed by atoms with Gasteiger partial charge in [0.25, 0.3) is 0 Å². The number of carbonyl (C=O) groups excluding carboxylic acids is 2. The number of unbranched alkanes of at least 4 members (excludes halogenated alkanes) is 2. The zero-order valence-electron chi connectivity index (χ0n) is 13.6. The smallest absolute Gasteiger partial charge is 0.305 e. The van der Waals surface area contributed by atoms with Crippen LogP contribution in [0.1, 0.15) is 64.0 Å². The standard InChI is InChI=1S/C18H27NO3/c1-3-4-8-14-22-18(21)13-9-12-17(20)19-15(2)16-10-6-5-7-11-16/h5-7,10-11,15H,3-4,8-9,12-14H2,1-2H3,(H,19,20). The number of hydrogen-bond donors (Lipinski definition) is 1. The summed E-state index contributed by atoms with van der Waals surface area (Å²) in [6.07, 6.45) is 4.28. The lowest BCUT2D eigenvalue weighted by Gasteiger charge is -2.14. The molecule has 4 nitrogen and oxygen atoms in total. The Bertz CT molecular complexity index is 445. The molecule has 0 bridgehead atoms. The summed E-state index contributed by atoms with van der Waals surface area (Å²) in [5, 5.41) is 2.94. The molecule has 1 aromatic rings. The first kappa shape index (κ1) is 18.2. The topological polar surface area (TPSA) is 55.4 Å². The minimum absolute atomic E-state index is 0.0188. The highest BCUT2D eigenvalue weighted by Crippen LogP contribution is 2.11. The van der Waals surface area contributed by atoms with Gasteiger partial charge in [-0.15, -0.1) is 0 Å². The largest absolute Gasteiger partial charge is 0.466 e. The van der Waals surface area contributed by atoms with Crippen molar-refractivity contribution < 1.29 is 14.3 Å². The van der Waals surface area contributed by atoms with E-state index in [2.05, 4.69) is 12.2 Å². The molecule has 0 aromatic heterocycles.